The number of rotatable bonds is 5. The number of likely N-dealkylation sites (tertiary alicyclic amines) is 1. The molecular formula is C13H24N4S. The van der Waals surface area contributed by atoms with E-state index in [1.54, 1.807) is 11.3 Å². The molecule has 2 rings (SSSR count). The van der Waals surface area contributed by atoms with E-state index in [4.69, 9.17) is 10.7 Å². The quantitative estimate of drug-likeness (QED) is 0.880. The van der Waals surface area contributed by atoms with Gasteiger partial charge in [-0.2, -0.15) is 0 Å². The lowest BCUT2D eigenvalue weighted by molar-refractivity contribution is 0.396. The summed E-state index contributed by atoms with van der Waals surface area (Å²) in [4.78, 5) is 10.7. The first-order chi connectivity index (χ1) is 8.63. The molecule has 5 heteroatoms. The molecule has 1 atom stereocenters. The third-order valence-electron chi connectivity index (χ3n) is 3.63. The maximum atomic E-state index is 5.77. The van der Waals surface area contributed by atoms with Gasteiger partial charge in [-0.3, -0.25) is 0 Å². The first kappa shape index (κ1) is 13.8. The molecule has 2 heterocycles. The summed E-state index contributed by atoms with van der Waals surface area (Å²) in [5, 5.41) is 1.13. The standard InChI is InChI=1S/C13H24N4S/c1-4-11-12(7-14)18-13(15-11)17(3)9-10-5-6-16(2)8-10/h10H,4-9,14H2,1-3H3. The molecule has 0 radical (unpaired) electrons. The van der Waals surface area contributed by atoms with Crippen LogP contribution in [-0.4, -0.2) is 43.6 Å². The fourth-order valence-corrected chi connectivity index (χ4v) is 3.61. The van der Waals surface area contributed by atoms with Crippen molar-refractivity contribution in [2.75, 3.05) is 38.6 Å². The Morgan fingerprint density at radius 2 is 2.33 bits per heavy atom. The van der Waals surface area contributed by atoms with Gasteiger partial charge in [-0.25, -0.2) is 4.98 Å². The van der Waals surface area contributed by atoms with Gasteiger partial charge in [0.05, 0.1) is 5.69 Å². The summed E-state index contributed by atoms with van der Waals surface area (Å²) in [6.45, 7) is 6.29. The van der Waals surface area contributed by atoms with E-state index in [2.05, 4.69) is 30.8 Å². The molecule has 1 aliphatic heterocycles. The maximum absolute atomic E-state index is 5.77. The highest BCUT2D eigenvalue weighted by Crippen LogP contribution is 2.27. The molecule has 1 fully saturated rings. The van der Waals surface area contributed by atoms with Gasteiger partial charge in [0.2, 0.25) is 0 Å². The molecule has 0 bridgehead atoms. The molecule has 0 aliphatic carbocycles. The Morgan fingerprint density at radius 1 is 1.56 bits per heavy atom. The van der Waals surface area contributed by atoms with Crippen molar-refractivity contribution < 1.29 is 0 Å². The van der Waals surface area contributed by atoms with E-state index < -0.39 is 0 Å². The highest BCUT2D eigenvalue weighted by Gasteiger charge is 2.22. The largest absolute Gasteiger partial charge is 0.351 e. The van der Waals surface area contributed by atoms with Crippen LogP contribution in [0.4, 0.5) is 5.13 Å². The number of aryl methyl sites for hydroxylation is 1. The maximum Gasteiger partial charge on any atom is 0.185 e. The van der Waals surface area contributed by atoms with E-state index >= 15 is 0 Å². The van der Waals surface area contributed by atoms with Crippen LogP contribution in [0.2, 0.25) is 0 Å². The van der Waals surface area contributed by atoms with Gasteiger partial charge in [-0.15, -0.1) is 11.3 Å². The van der Waals surface area contributed by atoms with Crippen molar-refractivity contribution in [3.8, 4) is 0 Å². The number of aromatic nitrogens is 1. The predicted octanol–water partition coefficient (Wildman–Crippen LogP) is 1.55. The fourth-order valence-electron chi connectivity index (χ4n) is 2.61. The van der Waals surface area contributed by atoms with Crippen LogP contribution in [0, 0.1) is 5.92 Å². The van der Waals surface area contributed by atoms with Crippen LogP contribution in [0.3, 0.4) is 0 Å². The molecule has 1 aromatic heterocycles. The first-order valence-electron chi connectivity index (χ1n) is 6.72. The molecule has 1 aliphatic rings. The third-order valence-corrected chi connectivity index (χ3v) is 4.87. The summed E-state index contributed by atoms with van der Waals surface area (Å²) in [5.41, 5.74) is 6.94. The highest BCUT2D eigenvalue weighted by molar-refractivity contribution is 7.15. The normalized spacial score (nSPS) is 20.6. The number of hydrogen-bond acceptors (Lipinski definition) is 5. The molecule has 102 valence electrons. The number of nitrogens with zero attached hydrogens (tertiary/aromatic N) is 3. The van der Waals surface area contributed by atoms with Crippen LogP contribution >= 0.6 is 11.3 Å². The predicted molar refractivity (Wildman–Crippen MR) is 78.3 cm³/mol. The third kappa shape index (κ3) is 3.02. The molecular weight excluding hydrogens is 244 g/mol. The minimum Gasteiger partial charge on any atom is -0.351 e. The Hall–Kier alpha value is -0.650. The Balaban J connectivity index is 1.99. The zero-order chi connectivity index (χ0) is 13.1. The van der Waals surface area contributed by atoms with Crippen molar-refractivity contribution in [1.29, 1.82) is 0 Å². The van der Waals surface area contributed by atoms with Gasteiger partial charge in [0.1, 0.15) is 0 Å². The van der Waals surface area contributed by atoms with Crippen LogP contribution in [0.15, 0.2) is 0 Å². The molecule has 1 unspecified atom stereocenters. The van der Waals surface area contributed by atoms with Crippen molar-refractivity contribution in [2.24, 2.45) is 11.7 Å². The summed E-state index contributed by atoms with van der Waals surface area (Å²) in [6, 6.07) is 0. The van der Waals surface area contributed by atoms with Crippen molar-refractivity contribution >= 4 is 16.5 Å². The topological polar surface area (TPSA) is 45.4 Å². The Bertz CT molecular complexity index is 369. The number of hydrogen-bond donors (Lipinski definition) is 1. The SMILES string of the molecule is CCc1nc(N(C)CC2CCN(C)C2)sc1CN. The second-order valence-corrected chi connectivity index (χ2v) is 6.28. The van der Waals surface area contributed by atoms with Gasteiger partial charge in [0, 0.05) is 31.6 Å². The lowest BCUT2D eigenvalue weighted by atomic mass is 10.1. The Kier molecular flexibility index (Phi) is 4.59. The summed E-state index contributed by atoms with van der Waals surface area (Å²) in [7, 11) is 4.35. The Morgan fingerprint density at radius 3 is 2.83 bits per heavy atom. The summed E-state index contributed by atoms with van der Waals surface area (Å²) >= 11 is 1.75. The van der Waals surface area contributed by atoms with E-state index in [9.17, 15) is 0 Å². The minimum atomic E-state index is 0.612. The average Bonchev–Trinajstić information content (AvgIpc) is 2.95. The Labute approximate surface area is 114 Å². The average molecular weight is 268 g/mol. The van der Waals surface area contributed by atoms with Gasteiger partial charge in [-0.1, -0.05) is 6.92 Å². The van der Waals surface area contributed by atoms with Gasteiger partial charge >= 0.3 is 0 Å². The van der Waals surface area contributed by atoms with Crippen LogP contribution < -0.4 is 10.6 Å². The van der Waals surface area contributed by atoms with Crippen molar-refractivity contribution in [2.45, 2.75) is 26.3 Å². The van der Waals surface area contributed by atoms with Crippen LogP contribution in [-0.2, 0) is 13.0 Å². The van der Waals surface area contributed by atoms with Crippen molar-refractivity contribution in [3.63, 3.8) is 0 Å². The molecule has 4 nitrogen and oxygen atoms in total. The molecule has 0 saturated carbocycles. The van der Waals surface area contributed by atoms with Crippen molar-refractivity contribution in [3.05, 3.63) is 10.6 Å². The smallest absolute Gasteiger partial charge is 0.185 e. The molecule has 1 saturated heterocycles. The molecule has 1 aromatic rings. The molecule has 0 spiro atoms. The van der Waals surface area contributed by atoms with E-state index in [0.717, 1.165) is 24.0 Å². The monoisotopic (exact) mass is 268 g/mol. The number of anilines is 1. The zero-order valence-corrected chi connectivity index (χ0v) is 12.5. The van der Waals surface area contributed by atoms with Gasteiger partial charge in [-0.05, 0) is 32.4 Å². The van der Waals surface area contributed by atoms with Crippen LogP contribution in [0.1, 0.15) is 23.9 Å². The highest BCUT2D eigenvalue weighted by atomic mass is 32.1. The summed E-state index contributed by atoms with van der Waals surface area (Å²) in [5.74, 6) is 0.773. The lowest BCUT2D eigenvalue weighted by Gasteiger charge is -2.20. The molecule has 0 amide bonds. The van der Waals surface area contributed by atoms with Gasteiger partial charge < -0.3 is 15.5 Å². The number of nitrogens with two attached hydrogens (primary N) is 1. The molecule has 2 N–H and O–H groups in total. The first-order valence-corrected chi connectivity index (χ1v) is 7.54. The minimum absolute atomic E-state index is 0.612. The lowest BCUT2D eigenvalue weighted by Crippen LogP contribution is -2.27. The van der Waals surface area contributed by atoms with Crippen LogP contribution in [0.5, 0.6) is 0 Å². The molecule has 18 heavy (non-hydrogen) atoms. The van der Waals surface area contributed by atoms with Gasteiger partial charge in [0.25, 0.3) is 0 Å². The fraction of sp³-hybridized carbons (Fsp3) is 0.769. The van der Waals surface area contributed by atoms with E-state index in [-0.39, 0.29) is 0 Å². The summed E-state index contributed by atoms with van der Waals surface area (Å²) < 4.78 is 0. The van der Waals surface area contributed by atoms with Gasteiger partial charge in [0.15, 0.2) is 5.13 Å². The second-order valence-electron chi connectivity index (χ2n) is 5.22. The second kappa shape index (κ2) is 5.99. The van der Waals surface area contributed by atoms with Crippen molar-refractivity contribution in [1.82, 2.24) is 9.88 Å². The zero-order valence-electron chi connectivity index (χ0n) is 11.6. The van der Waals surface area contributed by atoms with E-state index in [1.807, 2.05) is 0 Å². The van der Waals surface area contributed by atoms with E-state index in [1.165, 1.54) is 30.1 Å². The molecule has 0 aromatic carbocycles. The summed E-state index contributed by atoms with van der Waals surface area (Å²) in [6.07, 6.45) is 2.28. The number of thiazole rings is 1. The van der Waals surface area contributed by atoms with Crippen LogP contribution in [0.25, 0.3) is 0 Å². The van der Waals surface area contributed by atoms with E-state index in [0.29, 0.717) is 6.54 Å².